The summed E-state index contributed by atoms with van der Waals surface area (Å²) in [5.74, 6) is 0. The third-order valence-corrected chi connectivity index (χ3v) is 3.60. The molecule has 2 rings (SSSR count). The fourth-order valence-corrected chi connectivity index (χ4v) is 2.15. The van der Waals surface area contributed by atoms with Gasteiger partial charge in [-0.1, -0.05) is 0 Å². The lowest BCUT2D eigenvalue weighted by Gasteiger charge is -2.16. The first-order valence-corrected chi connectivity index (χ1v) is 6.02. The van der Waals surface area contributed by atoms with Gasteiger partial charge in [0.25, 0.3) is 5.56 Å². The molecule has 1 saturated heterocycles. The summed E-state index contributed by atoms with van der Waals surface area (Å²) in [6, 6.07) is 1.09. The number of alkyl halides is 1. The standard InChI is InChI=1S/C9H10FIN2O5/c10-6-7(16)4(3-14)18-8(6)12-2-1-5(15)13(11)9(12)17/h1-2,4,6-8,14,16H,3H2/t4-,6-,7-,8?/m1/s1. The molecule has 1 aliphatic heterocycles. The van der Waals surface area contributed by atoms with Crippen molar-refractivity contribution in [3.05, 3.63) is 33.1 Å². The summed E-state index contributed by atoms with van der Waals surface area (Å²) in [5.41, 5.74) is -1.30. The average molecular weight is 372 g/mol. The van der Waals surface area contributed by atoms with Crippen LogP contribution in [0.3, 0.4) is 0 Å². The first-order chi connectivity index (χ1) is 8.47. The zero-order valence-corrected chi connectivity index (χ0v) is 11.1. The molecule has 0 bridgehead atoms. The predicted octanol–water partition coefficient (Wildman–Crippen LogP) is -1.20. The number of hydrogen-bond donors (Lipinski definition) is 2. The van der Waals surface area contributed by atoms with Gasteiger partial charge in [0, 0.05) is 12.3 Å². The molecule has 1 unspecified atom stereocenters. The van der Waals surface area contributed by atoms with E-state index >= 15 is 0 Å². The third kappa shape index (κ3) is 2.11. The highest BCUT2D eigenvalue weighted by atomic mass is 127. The van der Waals surface area contributed by atoms with Gasteiger partial charge in [0.05, 0.1) is 29.5 Å². The van der Waals surface area contributed by atoms with Crippen LogP contribution in [0.4, 0.5) is 4.39 Å². The summed E-state index contributed by atoms with van der Waals surface area (Å²) in [5, 5.41) is 18.3. The zero-order chi connectivity index (χ0) is 13.4. The lowest BCUT2D eigenvalue weighted by Crippen LogP contribution is -2.38. The van der Waals surface area contributed by atoms with Crippen LogP contribution in [0, 0.1) is 0 Å². The van der Waals surface area contributed by atoms with E-state index in [-0.39, 0.29) is 0 Å². The van der Waals surface area contributed by atoms with Crippen molar-refractivity contribution in [1.82, 2.24) is 7.35 Å². The van der Waals surface area contributed by atoms with Crippen LogP contribution in [0.2, 0.25) is 0 Å². The van der Waals surface area contributed by atoms with Gasteiger partial charge in [-0.05, 0) is 0 Å². The molecule has 1 aromatic heterocycles. The minimum Gasteiger partial charge on any atom is -0.394 e. The maximum absolute atomic E-state index is 13.8. The Morgan fingerprint density at radius 2 is 2.17 bits per heavy atom. The van der Waals surface area contributed by atoms with Gasteiger partial charge in [0.2, 0.25) is 0 Å². The highest BCUT2D eigenvalue weighted by molar-refractivity contribution is 14.1. The summed E-state index contributed by atoms with van der Waals surface area (Å²) in [7, 11) is 0. The van der Waals surface area contributed by atoms with E-state index in [9.17, 15) is 19.1 Å². The van der Waals surface area contributed by atoms with Crippen LogP contribution in [0.5, 0.6) is 0 Å². The van der Waals surface area contributed by atoms with Gasteiger partial charge >= 0.3 is 5.69 Å². The summed E-state index contributed by atoms with van der Waals surface area (Å²) in [6.07, 6.45) is -4.71. The Balaban J connectivity index is 2.42. The molecule has 9 heteroatoms. The average Bonchev–Trinajstić information content (AvgIpc) is 2.64. The van der Waals surface area contributed by atoms with Crippen molar-refractivity contribution >= 4 is 22.9 Å². The van der Waals surface area contributed by atoms with E-state index in [1.54, 1.807) is 0 Å². The fraction of sp³-hybridized carbons (Fsp3) is 0.556. The molecule has 7 nitrogen and oxygen atoms in total. The Kier molecular flexibility index (Phi) is 3.84. The molecule has 4 atom stereocenters. The monoisotopic (exact) mass is 372 g/mol. The number of halogens is 2. The summed E-state index contributed by atoms with van der Waals surface area (Å²) in [6.45, 7) is -0.559. The number of hydrogen-bond acceptors (Lipinski definition) is 5. The molecule has 18 heavy (non-hydrogen) atoms. The molecule has 1 fully saturated rings. The zero-order valence-electron chi connectivity index (χ0n) is 8.94. The molecule has 0 spiro atoms. The first-order valence-electron chi connectivity index (χ1n) is 5.06. The van der Waals surface area contributed by atoms with Crippen LogP contribution in [0.1, 0.15) is 6.23 Å². The van der Waals surface area contributed by atoms with E-state index in [4.69, 9.17) is 9.84 Å². The fourth-order valence-electron chi connectivity index (χ4n) is 1.74. The van der Waals surface area contributed by atoms with Crippen LogP contribution in [0.25, 0.3) is 0 Å². The van der Waals surface area contributed by atoms with Gasteiger partial charge in [0.1, 0.15) is 12.2 Å². The van der Waals surface area contributed by atoms with Gasteiger partial charge in [-0.2, -0.15) is 2.78 Å². The van der Waals surface area contributed by atoms with Crippen LogP contribution in [-0.4, -0.2) is 42.5 Å². The molecule has 0 aromatic carbocycles. The van der Waals surface area contributed by atoms with Crippen LogP contribution in [0.15, 0.2) is 21.9 Å². The second-order valence-corrected chi connectivity index (χ2v) is 4.77. The van der Waals surface area contributed by atoms with Crippen molar-refractivity contribution in [3.63, 3.8) is 0 Å². The van der Waals surface area contributed by atoms with E-state index < -0.39 is 42.5 Å². The number of aliphatic hydroxyl groups is 2. The predicted molar refractivity (Wildman–Crippen MR) is 66.3 cm³/mol. The van der Waals surface area contributed by atoms with Crippen molar-refractivity contribution in [2.24, 2.45) is 0 Å². The highest BCUT2D eigenvalue weighted by Crippen LogP contribution is 2.30. The maximum Gasteiger partial charge on any atom is 0.342 e. The van der Waals surface area contributed by atoms with Gasteiger partial charge in [0.15, 0.2) is 12.4 Å². The normalized spacial score (nSPS) is 31.8. The number of ether oxygens (including phenoxy) is 1. The van der Waals surface area contributed by atoms with E-state index in [1.165, 1.54) is 22.9 Å². The topological polar surface area (TPSA) is 93.7 Å². The Morgan fingerprint density at radius 1 is 1.50 bits per heavy atom. The Labute approximate surface area is 114 Å². The molecular weight excluding hydrogens is 362 g/mol. The molecule has 100 valence electrons. The van der Waals surface area contributed by atoms with Gasteiger partial charge in [-0.25, -0.2) is 9.18 Å². The molecule has 1 aliphatic rings. The van der Waals surface area contributed by atoms with E-state index in [0.29, 0.717) is 0 Å². The Hall–Kier alpha value is -0.780. The van der Waals surface area contributed by atoms with Gasteiger partial charge < -0.3 is 14.9 Å². The number of rotatable bonds is 2. The molecule has 0 amide bonds. The van der Waals surface area contributed by atoms with E-state index in [0.717, 1.165) is 19.6 Å². The minimum atomic E-state index is -1.85. The molecule has 0 radical (unpaired) electrons. The van der Waals surface area contributed by atoms with Crippen LogP contribution in [-0.2, 0) is 4.74 Å². The summed E-state index contributed by atoms with van der Waals surface area (Å²) in [4.78, 5) is 22.9. The largest absolute Gasteiger partial charge is 0.394 e. The molecule has 1 aromatic rings. The molecular formula is C9H10FIN2O5. The van der Waals surface area contributed by atoms with Gasteiger partial charge in [-0.15, -0.1) is 0 Å². The van der Waals surface area contributed by atoms with Crippen molar-refractivity contribution in [1.29, 1.82) is 0 Å². The quantitative estimate of drug-likeness (QED) is 0.636. The second kappa shape index (κ2) is 5.07. The van der Waals surface area contributed by atoms with E-state index in [1.807, 2.05) is 0 Å². The van der Waals surface area contributed by atoms with Crippen LogP contribution < -0.4 is 11.2 Å². The molecule has 2 N–H and O–H groups in total. The van der Waals surface area contributed by atoms with Crippen molar-refractivity contribution in [2.75, 3.05) is 6.61 Å². The lowest BCUT2D eigenvalue weighted by molar-refractivity contribution is -0.0492. The lowest BCUT2D eigenvalue weighted by atomic mass is 10.1. The second-order valence-electron chi connectivity index (χ2n) is 3.81. The first kappa shape index (κ1) is 13.6. The molecule has 0 aliphatic carbocycles. The Morgan fingerprint density at radius 3 is 2.72 bits per heavy atom. The smallest absolute Gasteiger partial charge is 0.342 e. The number of aromatic nitrogens is 2. The molecule has 2 heterocycles. The number of aliphatic hydroxyl groups excluding tert-OH is 2. The van der Waals surface area contributed by atoms with Crippen molar-refractivity contribution < 1.29 is 19.3 Å². The minimum absolute atomic E-state index is 0.537. The third-order valence-electron chi connectivity index (χ3n) is 2.71. The number of nitrogens with zero attached hydrogens (tertiary/aromatic N) is 2. The van der Waals surface area contributed by atoms with Crippen molar-refractivity contribution in [3.8, 4) is 0 Å². The summed E-state index contributed by atoms with van der Waals surface area (Å²) >= 11 is 1.49. The van der Waals surface area contributed by atoms with Gasteiger partial charge in [-0.3, -0.25) is 9.36 Å². The molecule has 0 saturated carbocycles. The highest BCUT2D eigenvalue weighted by Gasteiger charge is 2.45. The maximum atomic E-state index is 13.8. The SMILES string of the molecule is O=c1ccn(C2O[C@H](CO)[C@@H](O)[C@H]2F)c(=O)n1I. The van der Waals surface area contributed by atoms with Crippen molar-refractivity contribution in [2.45, 2.75) is 24.6 Å². The van der Waals surface area contributed by atoms with Crippen LogP contribution >= 0.6 is 22.9 Å². The Bertz CT molecular complexity index is 559. The van der Waals surface area contributed by atoms with E-state index in [2.05, 4.69) is 0 Å². The summed E-state index contributed by atoms with van der Waals surface area (Å²) < 4.78 is 20.5.